The summed E-state index contributed by atoms with van der Waals surface area (Å²) in [5.41, 5.74) is 8.86. The number of pyridine rings is 1. The van der Waals surface area contributed by atoms with E-state index in [0.717, 1.165) is 5.56 Å². The van der Waals surface area contributed by atoms with E-state index < -0.39 is 0 Å². The van der Waals surface area contributed by atoms with E-state index >= 15 is 0 Å². The van der Waals surface area contributed by atoms with Crippen molar-refractivity contribution in [3.05, 3.63) is 51.5 Å². The van der Waals surface area contributed by atoms with Crippen molar-refractivity contribution >= 4 is 11.3 Å². The number of hydrogen-bond donors (Lipinski definition) is 1. The molecule has 0 amide bonds. The molecule has 1 aliphatic carbocycles. The highest BCUT2D eigenvalue weighted by Gasteiger charge is 2.18. The van der Waals surface area contributed by atoms with Crippen LogP contribution in [0.5, 0.6) is 0 Å². The molecule has 0 bridgehead atoms. The summed E-state index contributed by atoms with van der Waals surface area (Å²) in [7, 11) is 0. The minimum Gasteiger partial charge on any atom is -0.320 e. The average Bonchev–Trinajstić information content (AvgIpc) is 2.89. The topological polar surface area (TPSA) is 38.9 Å². The van der Waals surface area contributed by atoms with E-state index in [9.17, 15) is 0 Å². The van der Waals surface area contributed by atoms with Crippen LogP contribution in [0.1, 0.15) is 33.3 Å². The molecule has 0 aliphatic heterocycles. The Hall–Kier alpha value is -1.19. The molecule has 2 aromatic rings. The molecule has 0 saturated heterocycles. The Morgan fingerprint density at radius 1 is 1.38 bits per heavy atom. The SMILES string of the molecule is NC(c1cccnc1)c1cc2c(s1)CCC2. The lowest BCUT2D eigenvalue weighted by molar-refractivity contribution is 0.875. The van der Waals surface area contributed by atoms with Crippen LogP contribution in [0.4, 0.5) is 0 Å². The molecule has 3 rings (SSSR count). The van der Waals surface area contributed by atoms with Gasteiger partial charge in [-0.3, -0.25) is 4.98 Å². The highest BCUT2D eigenvalue weighted by atomic mass is 32.1. The summed E-state index contributed by atoms with van der Waals surface area (Å²) in [6, 6.07) is 6.26. The molecule has 1 aliphatic rings. The molecular weight excluding hydrogens is 216 g/mol. The third kappa shape index (κ3) is 1.66. The molecule has 1 atom stereocenters. The largest absolute Gasteiger partial charge is 0.320 e. The van der Waals surface area contributed by atoms with Crippen LogP contribution in [0.3, 0.4) is 0 Å². The van der Waals surface area contributed by atoms with E-state index in [-0.39, 0.29) is 6.04 Å². The van der Waals surface area contributed by atoms with Crippen LogP contribution in [0.25, 0.3) is 0 Å². The monoisotopic (exact) mass is 230 g/mol. The lowest BCUT2D eigenvalue weighted by Gasteiger charge is -2.08. The molecule has 0 aromatic carbocycles. The highest BCUT2D eigenvalue weighted by Crippen LogP contribution is 2.34. The molecular formula is C13H14N2S. The lowest BCUT2D eigenvalue weighted by atomic mass is 10.1. The van der Waals surface area contributed by atoms with Crippen molar-refractivity contribution < 1.29 is 0 Å². The second-order valence-corrected chi connectivity index (χ2v) is 5.38. The van der Waals surface area contributed by atoms with Gasteiger partial charge < -0.3 is 5.73 Å². The smallest absolute Gasteiger partial charge is 0.0661 e. The van der Waals surface area contributed by atoms with Crippen LogP contribution in [0.2, 0.25) is 0 Å². The van der Waals surface area contributed by atoms with Crippen LogP contribution in [0, 0.1) is 0 Å². The maximum atomic E-state index is 6.25. The Balaban J connectivity index is 1.92. The fraction of sp³-hybridized carbons (Fsp3) is 0.308. The summed E-state index contributed by atoms with van der Waals surface area (Å²) in [6.45, 7) is 0. The number of nitrogens with two attached hydrogens (primary N) is 1. The van der Waals surface area contributed by atoms with Crippen LogP contribution in [0.15, 0.2) is 30.6 Å². The Morgan fingerprint density at radius 2 is 2.31 bits per heavy atom. The maximum absolute atomic E-state index is 6.25. The van der Waals surface area contributed by atoms with E-state index in [2.05, 4.69) is 11.1 Å². The van der Waals surface area contributed by atoms with Gasteiger partial charge in [-0.15, -0.1) is 11.3 Å². The van der Waals surface area contributed by atoms with Gasteiger partial charge in [0.05, 0.1) is 6.04 Å². The van der Waals surface area contributed by atoms with E-state index in [4.69, 9.17) is 5.73 Å². The Labute approximate surface area is 99.1 Å². The summed E-state index contributed by atoms with van der Waals surface area (Å²) >= 11 is 1.87. The first-order chi connectivity index (χ1) is 7.84. The van der Waals surface area contributed by atoms with Gasteiger partial charge in [-0.1, -0.05) is 6.07 Å². The van der Waals surface area contributed by atoms with Gasteiger partial charge in [0.2, 0.25) is 0 Å². The van der Waals surface area contributed by atoms with Gasteiger partial charge in [-0.05, 0) is 42.5 Å². The summed E-state index contributed by atoms with van der Waals surface area (Å²) < 4.78 is 0. The normalized spacial score (nSPS) is 16.1. The predicted octanol–water partition coefficient (Wildman–Crippen LogP) is 2.68. The van der Waals surface area contributed by atoms with Crippen molar-refractivity contribution in [1.82, 2.24) is 4.98 Å². The minimum absolute atomic E-state index is 0.00991. The van der Waals surface area contributed by atoms with E-state index in [1.807, 2.05) is 29.7 Å². The summed E-state index contributed by atoms with van der Waals surface area (Å²) in [6.07, 6.45) is 7.41. The molecule has 0 radical (unpaired) electrons. The van der Waals surface area contributed by atoms with Crippen LogP contribution < -0.4 is 5.73 Å². The minimum atomic E-state index is -0.00991. The molecule has 2 aromatic heterocycles. The van der Waals surface area contributed by atoms with Gasteiger partial charge in [-0.2, -0.15) is 0 Å². The fourth-order valence-electron chi connectivity index (χ4n) is 2.23. The molecule has 0 spiro atoms. The number of nitrogens with zero attached hydrogens (tertiary/aromatic N) is 1. The van der Waals surface area contributed by atoms with Gasteiger partial charge in [0.1, 0.15) is 0 Å². The average molecular weight is 230 g/mol. The predicted molar refractivity (Wildman–Crippen MR) is 66.6 cm³/mol. The van der Waals surface area contributed by atoms with E-state index in [1.54, 1.807) is 6.20 Å². The first kappa shape index (κ1) is 10.00. The van der Waals surface area contributed by atoms with Crippen LogP contribution in [-0.4, -0.2) is 4.98 Å². The molecule has 0 saturated carbocycles. The van der Waals surface area contributed by atoms with Crippen molar-refractivity contribution in [1.29, 1.82) is 0 Å². The second kappa shape index (κ2) is 4.00. The number of rotatable bonds is 2. The van der Waals surface area contributed by atoms with Crippen molar-refractivity contribution in [2.24, 2.45) is 5.73 Å². The first-order valence-electron chi connectivity index (χ1n) is 5.61. The first-order valence-corrected chi connectivity index (χ1v) is 6.43. The number of aryl methyl sites for hydroxylation is 2. The summed E-state index contributed by atoms with van der Waals surface area (Å²) in [4.78, 5) is 6.93. The van der Waals surface area contributed by atoms with Crippen molar-refractivity contribution in [3.63, 3.8) is 0 Å². The number of thiophene rings is 1. The molecule has 82 valence electrons. The third-order valence-corrected chi connectivity index (χ3v) is 4.44. The standard InChI is InChI=1S/C13H14N2S/c14-13(10-4-2-6-15-8-10)12-7-9-3-1-5-11(9)16-12/h2,4,6-8,13H,1,3,5,14H2. The number of fused-ring (bicyclic) bond motifs is 1. The van der Waals surface area contributed by atoms with Gasteiger partial charge >= 0.3 is 0 Å². The fourth-order valence-corrected chi connectivity index (χ4v) is 3.52. The van der Waals surface area contributed by atoms with Gasteiger partial charge in [0, 0.05) is 22.1 Å². The molecule has 2 heterocycles. The molecule has 16 heavy (non-hydrogen) atoms. The quantitative estimate of drug-likeness (QED) is 0.861. The number of aromatic nitrogens is 1. The zero-order valence-electron chi connectivity index (χ0n) is 9.02. The Kier molecular flexibility index (Phi) is 2.50. The lowest BCUT2D eigenvalue weighted by Crippen LogP contribution is -2.10. The zero-order chi connectivity index (χ0) is 11.0. The molecule has 0 fully saturated rings. The molecule has 2 nitrogen and oxygen atoms in total. The van der Waals surface area contributed by atoms with Crippen molar-refractivity contribution in [2.45, 2.75) is 25.3 Å². The van der Waals surface area contributed by atoms with Crippen LogP contribution >= 0.6 is 11.3 Å². The van der Waals surface area contributed by atoms with Crippen molar-refractivity contribution in [3.8, 4) is 0 Å². The Bertz CT molecular complexity index is 468. The van der Waals surface area contributed by atoms with Crippen molar-refractivity contribution in [2.75, 3.05) is 0 Å². The summed E-state index contributed by atoms with van der Waals surface area (Å²) in [5, 5.41) is 0. The third-order valence-electron chi connectivity index (χ3n) is 3.12. The Morgan fingerprint density at radius 3 is 3.06 bits per heavy atom. The molecule has 3 heteroatoms. The van der Waals surface area contributed by atoms with E-state index in [1.165, 1.54) is 34.6 Å². The van der Waals surface area contributed by atoms with Gasteiger partial charge in [-0.25, -0.2) is 0 Å². The molecule has 2 N–H and O–H groups in total. The second-order valence-electron chi connectivity index (χ2n) is 4.21. The summed E-state index contributed by atoms with van der Waals surface area (Å²) in [5.74, 6) is 0. The van der Waals surface area contributed by atoms with Gasteiger partial charge in [0.15, 0.2) is 0 Å². The number of hydrogen-bond acceptors (Lipinski definition) is 3. The zero-order valence-corrected chi connectivity index (χ0v) is 9.83. The molecule has 1 unspecified atom stereocenters. The maximum Gasteiger partial charge on any atom is 0.0661 e. The van der Waals surface area contributed by atoms with E-state index in [0.29, 0.717) is 0 Å². The van der Waals surface area contributed by atoms with Gasteiger partial charge in [0.25, 0.3) is 0 Å². The highest BCUT2D eigenvalue weighted by molar-refractivity contribution is 7.12. The van der Waals surface area contributed by atoms with Crippen LogP contribution in [-0.2, 0) is 12.8 Å².